The number of benzene rings is 3. The lowest BCUT2D eigenvalue weighted by molar-refractivity contribution is -0.135. The smallest absolute Gasteiger partial charge is 0.243 e. The largest absolute Gasteiger partial charge is 0.334 e. The Labute approximate surface area is 236 Å². The molecule has 0 N–H and O–H groups in total. The Kier molecular flexibility index (Phi) is 7.42. The van der Waals surface area contributed by atoms with Crippen molar-refractivity contribution in [3.8, 4) is 0 Å². The van der Waals surface area contributed by atoms with Crippen LogP contribution in [0, 0.1) is 13.8 Å². The zero-order chi connectivity index (χ0) is 27.6. The second kappa shape index (κ2) is 11.3. The fourth-order valence-electron chi connectivity index (χ4n) is 6.72. The molecule has 6 rings (SSSR count). The van der Waals surface area contributed by atoms with Gasteiger partial charge in [0.05, 0.1) is 11.0 Å². The van der Waals surface area contributed by atoms with Gasteiger partial charge in [-0.25, -0.2) is 4.98 Å². The highest BCUT2D eigenvalue weighted by Crippen LogP contribution is 2.36. The lowest BCUT2D eigenvalue weighted by atomic mass is 9.93. The molecule has 1 aliphatic heterocycles. The molecule has 0 bridgehead atoms. The molecule has 3 aromatic carbocycles. The van der Waals surface area contributed by atoms with Crippen LogP contribution in [0.5, 0.6) is 0 Å². The van der Waals surface area contributed by atoms with Crippen LogP contribution in [-0.4, -0.2) is 38.9 Å². The predicted octanol–water partition coefficient (Wildman–Crippen LogP) is 6.54. The first kappa shape index (κ1) is 26.3. The van der Waals surface area contributed by atoms with E-state index in [1.54, 1.807) is 0 Å². The number of imidazole rings is 1. The quantitative estimate of drug-likeness (QED) is 0.271. The standard InChI is InChI=1S/C34H38N4O2/c1-24-12-11-13-25(2)33(24)38-22-27(20-31(38)39)34-35-29-18-9-10-19-30(29)37(34)23-32(40)36(28-16-7-4-8-17-28)21-26-14-5-3-6-15-26/h3,5-6,9-15,18-19,27-28H,4,7-8,16-17,20-23H2,1-2H3. The molecule has 1 aromatic heterocycles. The van der Waals surface area contributed by atoms with Crippen molar-refractivity contribution >= 4 is 28.5 Å². The third-order valence-corrected chi connectivity index (χ3v) is 8.71. The van der Waals surface area contributed by atoms with Gasteiger partial charge in [-0.05, 0) is 55.5 Å². The van der Waals surface area contributed by atoms with Crippen molar-refractivity contribution in [3.63, 3.8) is 0 Å². The summed E-state index contributed by atoms with van der Waals surface area (Å²) in [5.74, 6) is 0.986. The molecule has 6 heteroatoms. The van der Waals surface area contributed by atoms with Gasteiger partial charge in [0.2, 0.25) is 11.8 Å². The van der Waals surface area contributed by atoms with Gasteiger partial charge in [0.1, 0.15) is 12.4 Å². The summed E-state index contributed by atoms with van der Waals surface area (Å²) < 4.78 is 2.09. The minimum atomic E-state index is -0.0797. The number of aryl methyl sites for hydroxylation is 2. The summed E-state index contributed by atoms with van der Waals surface area (Å²) in [6, 6.07) is 24.7. The predicted molar refractivity (Wildman–Crippen MR) is 159 cm³/mol. The number of hydrogen-bond acceptors (Lipinski definition) is 3. The fraction of sp³-hybridized carbons (Fsp3) is 0.382. The zero-order valence-corrected chi connectivity index (χ0v) is 23.6. The van der Waals surface area contributed by atoms with Crippen LogP contribution in [0.25, 0.3) is 11.0 Å². The Balaban J connectivity index is 1.33. The Hall–Kier alpha value is -3.93. The van der Waals surface area contributed by atoms with Crippen LogP contribution in [0.1, 0.15) is 67.0 Å². The Morgan fingerprint density at radius 1 is 0.900 bits per heavy atom. The van der Waals surface area contributed by atoms with E-state index < -0.39 is 0 Å². The number of anilines is 1. The number of carbonyl (C=O) groups excluding carboxylic acids is 2. The summed E-state index contributed by atoms with van der Waals surface area (Å²) in [5, 5.41) is 0. The van der Waals surface area contributed by atoms with Gasteiger partial charge in [0.25, 0.3) is 0 Å². The van der Waals surface area contributed by atoms with Crippen LogP contribution in [0.15, 0.2) is 72.8 Å². The third-order valence-electron chi connectivity index (χ3n) is 8.71. The minimum Gasteiger partial charge on any atom is -0.334 e. The summed E-state index contributed by atoms with van der Waals surface area (Å²) in [6.45, 7) is 5.53. The van der Waals surface area contributed by atoms with Crippen molar-refractivity contribution in [2.45, 2.75) is 77.4 Å². The van der Waals surface area contributed by atoms with Crippen LogP contribution in [0.4, 0.5) is 5.69 Å². The van der Waals surface area contributed by atoms with Crippen LogP contribution >= 0.6 is 0 Å². The van der Waals surface area contributed by atoms with Gasteiger partial charge in [-0.3, -0.25) is 9.59 Å². The molecule has 1 unspecified atom stereocenters. The second-order valence-corrected chi connectivity index (χ2v) is 11.5. The zero-order valence-electron chi connectivity index (χ0n) is 23.6. The summed E-state index contributed by atoms with van der Waals surface area (Å²) in [6.07, 6.45) is 6.08. The molecule has 2 fully saturated rings. The van der Waals surface area contributed by atoms with Gasteiger partial charge in [0, 0.05) is 37.2 Å². The molecule has 1 saturated carbocycles. The van der Waals surface area contributed by atoms with Gasteiger partial charge in [-0.2, -0.15) is 0 Å². The summed E-state index contributed by atoms with van der Waals surface area (Å²) >= 11 is 0. The molecular weight excluding hydrogens is 496 g/mol. The molecule has 6 nitrogen and oxygen atoms in total. The molecule has 2 amide bonds. The first-order valence-corrected chi connectivity index (χ1v) is 14.6. The van der Waals surface area contributed by atoms with E-state index in [1.165, 1.54) is 19.3 Å². The van der Waals surface area contributed by atoms with Crippen molar-refractivity contribution in [3.05, 3.63) is 95.3 Å². The highest BCUT2D eigenvalue weighted by molar-refractivity contribution is 5.98. The number of aromatic nitrogens is 2. The summed E-state index contributed by atoms with van der Waals surface area (Å²) in [7, 11) is 0. The van der Waals surface area contributed by atoms with E-state index in [0.29, 0.717) is 19.5 Å². The van der Waals surface area contributed by atoms with Crippen molar-refractivity contribution in [1.29, 1.82) is 0 Å². The van der Waals surface area contributed by atoms with E-state index in [4.69, 9.17) is 4.98 Å². The van der Waals surface area contributed by atoms with Crippen LogP contribution in [0.3, 0.4) is 0 Å². The van der Waals surface area contributed by atoms with Crippen molar-refractivity contribution in [1.82, 2.24) is 14.5 Å². The fourth-order valence-corrected chi connectivity index (χ4v) is 6.72. The third kappa shape index (κ3) is 5.15. The number of nitrogens with zero attached hydrogens (tertiary/aromatic N) is 4. The maximum absolute atomic E-state index is 14.2. The van der Waals surface area contributed by atoms with E-state index >= 15 is 0 Å². The molecule has 0 radical (unpaired) electrons. The molecule has 40 heavy (non-hydrogen) atoms. The molecule has 1 aliphatic carbocycles. The van der Waals surface area contributed by atoms with E-state index in [9.17, 15) is 9.59 Å². The highest BCUT2D eigenvalue weighted by Gasteiger charge is 2.36. The van der Waals surface area contributed by atoms with E-state index in [-0.39, 0.29) is 30.3 Å². The lowest BCUT2D eigenvalue weighted by Gasteiger charge is -2.35. The number of para-hydroxylation sites is 3. The minimum absolute atomic E-state index is 0.0797. The molecule has 2 aliphatic rings. The number of rotatable bonds is 7. The van der Waals surface area contributed by atoms with Crippen molar-refractivity contribution < 1.29 is 9.59 Å². The topological polar surface area (TPSA) is 58.4 Å². The first-order valence-electron chi connectivity index (χ1n) is 14.6. The second-order valence-electron chi connectivity index (χ2n) is 11.5. The lowest BCUT2D eigenvalue weighted by Crippen LogP contribution is -2.42. The SMILES string of the molecule is Cc1cccc(C)c1N1CC(c2nc3ccccc3n2CC(=O)N(Cc2ccccc2)C2CCCCC2)CC1=O. The summed E-state index contributed by atoms with van der Waals surface area (Å²) in [4.78, 5) is 36.6. The van der Waals surface area contributed by atoms with Gasteiger partial charge in [-0.1, -0.05) is 79.9 Å². The molecule has 1 saturated heterocycles. The van der Waals surface area contributed by atoms with Gasteiger partial charge >= 0.3 is 0 Å². The van der Waals surface area contributed by atoms with Gasteiger partial charge < -0.3 is 14.4 Å². The van der Waals surface area contributed by atoms with E-state index in [0.717, 1.165) is 52.1 Å². The van der Waals surface area contributed by atoms with Gasteiger partial charge in [0.15, 0.2) is 0 Å². The van der Waals surface area contributed by atoms with E-state index in [1.807, 2.05) is 53.4 Å². The summed E-state index contributed by atoms with van der Waals surface area (Å²) in [5.41, 5.74) is 6.17. The average molecular weight is 535 g/mol. The van der Waals surface area contributed by atoms with Crippen LogP contribution < -0.4 is 4.90 Å². The average Bonchev–Trinajstić information content (AvgIpc) is 3.53. The molecule has 206 valence electrons. The highest BCUT2D eigenvalue weighted by atomic mass is 16.2. The van der Waals surface area contributed by atoms with Crippen molar-refractivity contribution in [2.24, 2.45) is 0 Å². The molecule has 1 atom stereocenters. The Morgan fingerprint density at radius 2 is 1.60 bits per heavy atom. The van der Waals surface area contributed by atoms with Gasteiger partial charge in [-0.15, -0.1) is 0 Å². The molecule has 0 spiro atoms. The Morgan fingerprint density at radius 3 is 2.35 bits per heavy atom. The maximum atomic E-state index is 14.2. The molecule has 2 heterocycles. The number of amides is 2. The monoisotopic (exact) mass is 534 g/mol. The molecular formula is C34H38N4O2. The maximum Gasteiger partial charge on any atom is 0.243 e. The normalized spacial score (nSPS) is 18.0. The number of hydrogen-bond donors (Lipinski definition) is 0. The number of fused-ring (bicyclic) bond motifs is 1. The van der Waals surface area contributed by atoms with Crippen LogP contribution in [0.2, 0.25) is 0 Å². The molecule has 4 aromatic rings. The van der Waals surface area contributed by atoms with Crippen molar-refractivity contribution in [2.75, 3.05) is 11.4 Å². The Bertz CT molecular complexity index is 1500. The number of carbonyl (C=O) groups is 2. The first-order chi connectivity index (χ1) is 19.5. The van der Waals surface area contributed by atoms with E-state index in [2.05, 4.69) is 47.6 Å². The van der Waals surface area contributed by atoms with Crippen LogP contribution in [-0.2, 0) is 22.7 Å².